The van der Waals surface area contributed by atoms with Gasteiger partial charge in [0.1, 0.15) is 12.1 Å². The summed E-state index contributed by atoms with van der Waals surface area (Å²) >= 11 is 5.96. The average molecular weight is 225 g/mol. The molecule has 0 aliphatic rings. The normalized spacial score (nSPS) is 10.5. The zero-order valence-corrected chi connectivity index (χ0v) is 8.33. The minimum atomic E-state index is -0.394. The highest BCUT2D eigenvalue weighted by Gasteiger charge is 2.08. The molecule has 5 heteroatoms. The van der Waals surface area contributed by atoms with Crippen molar-refractivity contribution in [1.29, 1.82) is 0 Å². The molecule has 3 nitrogen and oxygen atoms in total. The number of nitrogens with zero attached hydrogens (tertiary/aromatic N) is 2. The van der Waals surface area contributed by atoms with Crippen LogP contribution in [0.2, 0.25) is 5.02 Å². The number of aromatic nitrogens is 2. The van der Waals surface area contributed by atoms with Gasteiger partial charge in [0.25, 0.3) is 0 Å². The van der Waals surface area contributed by atoms with Crippen molar-refractivity contribution < 1.29 is 9.18 Å². The molecule has 15 heavy (non-hydrogen) atoms. The first-order chi connectivity index (χ1) is 7.22. The number of rotatable bonds is 2. The van der Waals surface area contributed by atoms with Crippen molar-refractivity contribution in [1.82, 2.24) is 10.2 Å². The van der Waals surface area contributed by atoms with Gasteiger partial charge >= 0.3 is 0 Å². The third-order valence-corrected chi connectivity index (χ3v) is 2.43. The fraction of sp³-hybridized carbons (Fsp3) is 0.100. The monoisotopic (exact) mass is 224 g/mol. The Labute approximate surface area is 89.9 Å². The van der Waals surface area contributed by atoms with Crippen molar-refractivity contribution in [3.05, 3.63) is 34.7 Å². The van der Waals surface area contributed by atoms with Crippen LogP contribution < -0.4 is 0 Å². The molecule has 0 atom stereocenters. The van der Waals surface area contributed by atoms with Crippen molar-refractivity contribution in [2.24, 2.45) is 0 Å². The number of hydrogen-bond donors (Lipinski definition) is 0. The quantitative estimate of drug-likeness (QED) is 0.735. The molecule has 0 N–H and O–H groups in total. The molecule has 1 aromatic heterocycles. The summed E-state index contributed by atoms with van der Waals surface area (Å²) in [6.45, 7) is 0. The highest BCUT2D eigenvalue weighted by Crippen LogP contribution is 2.24. The van der Waals surface area contributed by atoms with Gasteiger partial charge in [0.15, 0.2) is 0 Å². The molecule has 0 saturated carbocycles. The first-order valence-electron chi connectivity index (χ1n) is 4.26. The predicted octanol–water partition coefficient (Wildman–Crippen LogP) is 2.16. The number of hydrogen-bond acceptors (Lipinski definition) is 3. The van der Waals surface area contributed by atoms with Gasteiger partial charge in [-0.25, -0.2) is 4.39 Å². The average Bonchev–Trinajstić information content (AvgIpc) is 2.23. The molecule has 0 spiro atoms. The maximum absolute atomic E-state index is 13.0. The van der Waals surface area contributed by atoms with Crippen LogP contribution in [0.25, 0.3) is 10.9 Å². The summed E-state index contributed by atoms with van der Waals surface area (Å²) in [5, 5.41) is 8.39. The molecule has 0 unspecified atom stereocenters. The Morgan fingerprint density at radius 2 is 2.20 bits per heavy atom. The van der Waals surface area contributed by atoms with Gasteiger partial charge < -0.3 is 4.79 Å². The minimum absolute atomic E-state index is 0.0816. The SMILES string of the molecule is O=CCc1nnc2ccc(F)cc2c1Cl. The molecule has 0 amide bonds. The molecule has 1 aromatic carbocycles. The van der Waals surface area contributed by atoms with Gasteiger partial charge in [0.05, 0.1) is 16.2 Å². The van der Waals surface area contributed by atoms with E-state index in [1.54, 1.807) is 0 Å². The maximum atomic E-state index is 13.0. The molecule has 76 valence electrons. The summed E-state index contributed by atoms with van der Waals surface area (Å²) in [6, 6.07) is 4.06. The van der Waals surface area contributed by atoms with Crippen molar-refractivity contribution in [3.8, 4) is 0 Å². The third kappa shape index (κ3) is 1.80. The second-order valence-electron chi connectivity index (χ2n) is 2.99. The Hall–Kier alpha value is -1.55. The zero-order chi connectivity index (χ0) is 10.8. The standard InChI is InChI=1S/C10H6ClFN2O/c11-10-7-5-6(12)1-2-8(7)13-14-9(10)3-4-15/h1-2,4-5H,3H2. The van der Waals surface area contributed by atoms with E-state index in [9.17, 15) is 9.18 Å². The number of carbonyl (C=O) groups is 1. The summed E-state index contributed by atoms with van der Waals surface area (Å²) in [7, 11) is 0. The highest BCUT2D eigenvalue weighted by molar-refractivity contribution is 6.36. The van der Waals surface area contributed by atoms with Crippen molar-refractivity contribution in [3.63, 3.8) is 0 Å². The van der Waals surface area contributed by atoms with Crippen molar-refractivity contribution in [2.75, 3.05) is 0 Å². The summed E-state index contributed by atoms with van der Waals surface area (Å²) in [4.78, 5) is 10.3. The van der Waals surface area contributed by atoms with Crippen LogP contribution in [0.5, 0.6) is 0 Å². The third-order valence-electron chi connectivity index (χ3n) is 2.00. The maximum Gasteiger partial charge on any atom is 0.126 e. The molecule has 0 radical (unpaired) electrons. The molecule has 2 rings (SSSR count). The van der Waals surface area contributed by atoms with Gasteiger partial charge in [-0.3, -0.25) is 0 Å². The van der Waals surface area contributed by atoms with Crippen LogP contribution >= 0.6 is 11.6 Å². The lowest BCUT2D eigenvalue weighted by Crippen LogP contribution is -1.97. The smallest absolute Gasteiger partial charge is 0.126 e. The number of fused-ring (bicyclic) bond motifs is 1. The number of halogens is 2. The molecule has 0 aliphatic heterocycles. The Kier molecular flexibility index (Phi) is 2.60. The van der Waals surface area contributed by atoms with E-state index in [2.05, 4.69) is 10.2 Å². The van der Waals surface area contributed by atoms with Crippen LogP contribution in [0.15, 0.2) is 18.2 Å². The molecular weight excluding hydrogens is 219 g/mol. The van der Waals surface area contributed by atoms with Crippen LogP contribution in [0, 0.1) is 5.82 Å². The van der Waals surface area contributed by atoms with Crippen LogP contribution in [-0.4, -0.2) is 16.5 Å². The predicted molar refractivity (Wildman–Crippen MR) is 54.3 cm³/mol. The van der Waals surface area contributed by atoms with Gasteiger partial charge in [0.2, 0.25) is 0 Å². The Bertz CT molecular complexity index is 530. The van der Waals surface area contributed by atoms with E-state index >= 15 is 0 Å². The summed E-state index contributed by atoms with van der Waals surface area (Å²) in [6.07, 6.45) is 0.763. The zero-order valence-electron chi connectivity index (χ0n) is 7.58. The van der Waals surface area contributed by atoms with Crippen LogP contribution in [0.3, 0.4) is 0 Å². The molecule has 1 heterocycles. The summed E-state index contributed by atoms with van der Waals surface area (Å²) < 4.78 is 13.0. The lowest BCUT2D eigenvalue weighted by Gasteiger charge is -2.02. The molecule has 2 aromatic rings. The van der Waals surface area contributed by atoms with Crippen LogP contribution in [0.1, 0.15) is 5.69 Å². The molecule has 0 aliphatic carbocycles. The summed E-state index contributed by atoms with van der Waals surface area (Å²) in [5.74, 6) is -0.394. The van der Waals surface area contributed by atoms with E-state index in [1.165, 1.54) is 18.2 Å². The number of benzene rings is 1. The Balaban J connectivity index is 2.70. The Morgan fingerprint density at radius 1 is 1.40 bits per heavy atom. The topological polar surface area (TPSA) is 42.9 Å². The van der Waals surface area contributed by atoms with E-state index in [-0.39, 0.29) is 11.4 Å². The molecule has 0 fully saturated rings. The van der Waals surface area contributed by atoms with Gasteiger partial charge in [-0.05, 0) is 18.2 Å². The van der Waals surface area contributed by atoms with Gasteiger partial charge in [-0.15, -0.1) is 0 Å². The van der Waals surface area contributed by atoms with Gasteiger partial charge in [0, 0.05) is 11.8 Å². The van der Waals surface area contributed by atoms with Crippen LogP contribution in [0.4, 0.5) is 4.39 Å². The van der Waals surface area contributed by atoms with E-state index in [4.69, 9.17) is 11.6 Å². The molecule has 0 bridgehead atoms. The van der Waals surface area contributed by atoms with Crippen LogP contribution in [-0.2, 0) is 11.2 Å². The van der Waals surface area contributed by atoms with Crippen molar-refractivity contribution in [2.45, 2.75) is 6.42 Å². The molecular formula is C10H6ClFN2O. The lowest BCUT2D eigenvalue weighted by atomic mass is 10.2. The minimum Gasteiger partial charge on any atom is -0.303 e. The van der Waals surface area contributed by atoms with E-state index in [1.807, 2.05) is 0 Å². The van der Waals surface area contributed by atoms with Gasteiger partial charge in [-0.2, -0.15) is 10.2 Å². The summed E-state index contributed by atoms with van der Waals surface area (Å²) in [5.41, 5.74) is 0.876. The van der Waals surface area contributed by atoms with E-state index < -0.39 is 5.82 Å². The van der Waals surface area contributed by atoms with Crippen molar-refractivity contribution >= 4 is 28.8 Å². The second-order valence-corrected chi connectivity index (χ2v) is 3.37. The number of aldehydes is 1. The second kappa shape index (κ2) is 3.90. The fourth-order valence-corrected chi connectivity index (χ4v) is 1.56. The number of carbonyl (C=O) groups excluding carboxylic acids is 1. The van der Waals surface area contributed by atoms with E-state index in [0.717, 1.165) is 0 Å². The fourth-order valence-electron chi connectivity index (χ4n) is 1.29. The first-order valence-corrected chi connectivity index (χ1v) is 4.64. The molecule has 0 saturated heterocycles. The largest absolute Gasteiger partial charge is 0.303 e. The van der Waals surface area contributed by atoms with Gasteiger partial charge in [-0.1, -0.05) is 11.6 Å². The first kappa shape index (κ1) is 9.98. The highest BCUT2D eigenvalue weighted by atomic mass is 35.5. The Morgan fingerprint density at radius 3 is 2.93 bits per heavy atom. The lowest BCUT2D eigenvalue weighted by molar-refractivity contribution is -0.107. The van der Waals surface area contributed by atoms with E-state index in [0.29, 0.717) is 22.9 Å².